The fraction of sp³-hybridized carbons (Fsp3) is 0.667. The monoisotopic (exact) mass is 145 g/mol. The van der Waals surface area contributed by atoms with Crippen LogP contribution in [0.15, 0.2) is 0 Å². The van der Waals surface area contributed by atoms with Gasteiger partial charge in [0.05, 0.1) is 6.61 Å². The van der Waals surface area contributed by atoms with E-state index in [2.05, 4.69) is 9.47 Å². The van der Waals surface area contributed by atoms with E-state index in [9.17, 15) is 4.79 Å². The molecule has 0 radical (unpaired) electrons. The van der Waals surface area contributed by atoms with Crippen LogP contribution in [0, 0.1) is 5.41 Å². The molecule has 1 N–H and O–H groups in total. The van der Waals surface area contributed by atoms with Crippen LogP contribution >= 0.6 is 0 Å². The van der Waals surface area contributed by atoms with E-state index in [1.165, 1.54) is 7.11 Å². The van der Waals surface area contributed by atoms with Crippen LogP contribution in [0.2, 0.25) is 0 Å². The lowest BCUT2D eigenvalue weighted by Gasteiger charge is -2.01. The lowest BCUT2D eigenvalue weighted by molar-refractivity contribution is -0.117. The Balaban J connectivity index is 3.60. The van der Waals surface area contributed by atoms with E-state index >= 15 is 0 Å². The molecule has 0 fully saturated rings. The molecule has 0 atom stereocenters. The largest absolute Gasteiger partial charge is 0.476 e. The molecule has 0 aromatic rings. The highest BCUT2D eigenvalue weighted by molar-refractivity contribution is 6.35. The molecular weight excluding hydrogens is 134 g/mol. The number of hydrogen-bond acceptors (Lipinski definition) is 4. The second kappa shape index (κ2) is 4.93. The van der Waals surface area contributed by atoms with Gasteiger partial charge < -0.3 is 9.47 Å². The van der Waals surface area contributed by atoms with Crippen LogP contribution in [0.4, 0.5) is 0 Å². The van der Waals surface area contributed by atoms with Gasteiger partial charge in [-0.25, -0.2) is 0 Å². The quantitative estimate of drug-likeness (QED) is 0.454. The zero-order valence-electron chi connectivity index (χ0n) is 6.14. The molecule has 0 spiro atoms. The van der Waals surface area contributed by atoms with Crippen molar-refractivity contribution in [2.24, 2.45) is 0 Å². The van der Waals surface area contributed by atoms with E-state index in [1.54, 1.807) is 6.92 Å². The van der Waals surface area contributed by atoms with E-state index in [0.717, 1.165) is 0 Å². The second-order valence-corrected chi connectivity index (χ2v) is 1.62. The van der Waals surface area contributed by atoms with Gasteiger partial charge in [0.2, 0.25) is 5.78 Å². The van der Waals surface area contributed by atoms with Gasteiger partial charge in [0.15, 0.2) is 0 Å². The van der Waals surface area contributed by atoms with Gasteiger partial charge in [0.1, 0.15) is 6.61 Å². The molecule has 0 aromatic heterocycles. The summed E-state index contributed by atoms with van der Waals surface area (Å²) in [7, 11) is 1.40. The maximum atomic E-state index is 10.7. The summed E-state index contributed by atoms with van der Waals surface area (Å²) in [5.74, 6) is -0.756. The van der Waals surface area contributed by atoms with Crippen molar-refractivity contribution < 1.29 is 14.3 Å². The minimum Gasteiger partial charge on any atom is -0.476 e. The fourth-order valence-corrected chi connectivity index (χ4v) is 0.421. The van der Waals surface area contributed by atoms with Crippen molar-refractivity contribution in [3.8, 4) is 0 Å². The molecule has 0 aliphatic carbocycles. The molecule has 4 heteroatoms. The van der Waals surface area contributed by atoms with E-state index < -0.39 is 5.78 Å². The number of nitrogens with one attached hydrogen (secondary N) is 1. The normalized spacial score (nSPS) is 9.00. The van der Waals surface area contributed by atoms with Gasteiger partial charge in [-0.15, -0.1) is 0 Å². The maximum Gasteiger partial charge on any atom is 0.253 e. The minimum absolute atomic E-state index is 0.0845. The molecule has 0 saturated carbocycles. The first kappa shape index (κ1) is 9.10. The van der Waals surface area contributed by atoms with Crippen molar-refractivity contribution >= 4 is 11.7 Å². The summed E-state index contributed by atoms with van der Waals surface area (Å²) >= 11 is 0. The summed E-state index contributed by atoms with van der Waals surface area (Å²) in [5, 5.41) is 6.95. The van der Waals surface area contributed by atoms with E-state index in [-0.39, 0.29) is 12.5 Å². The zero-order valence-corrected chi connectivity index (χ0v) is 6.14. The van der Waals surface area contributed by atoms with Crippen LogP contribution in [0.1, 0.15) is 6.92 Å². The lowest BCUT2D eigenvalue weighted by Crippen LogP contribution is -2.20. The lowest BCUT2D eigenvalue weighted by atomic mass is 10.4. The number of carbonyl (C=O) groups is 1. The van der Waals surface area contributed by atoms with Crippen molar-refractivity contribution in [2.75, 3.05) is 20.3 Å². The van der Waals surface area contributed by atoms with Crippen molar-refractivity contribution in [3.05, 3.63) is 0 Å². The van der Waals surface area contributed by atoms with Gasteiger partial charge >= 0.3 is 0 Å². The molecule has 0 aliphatic heterocycles. The summed E-state index contributed by atoms with van der Waals surface area (Å²) in [4.78, 5) is 10.7. The van der Waals surface area contributed by atoms with Gasteiger partial charge in [0.25, 0.3) is 5.90 Å². The molecule has 0 saturated heterocycles. The molecule has 0 heterocycles. The third kappa shape index (κ3) is 3.19. The molecule has 0 aromatic carbocycles. The molecule has 0 aliphatic rings. The predicted octanol–water partition coefficient (Wildman–Crippen LogP) is 0.216. The average molecular weight is 145 g/mol. The van der Waals surface area contributed by atoms with Crippen LogP contribution < -0.4 is 0 Å². The van der Waals surface area contributed by atoms with Crippen LogP contribution in [-0.4, -0.2) is 32.0 Å². The molecule has 0 rings (SSSR count). The van der Waals surface area contributed by atoms with Gasteiger partial charge in [0, 0.05) is 7.11 Å². The number of ketones is 1. The molecular formula is C6H11NO3. The first-order valence-electron chi connectivity index (χ1n) is 2.95. The number of hydrogen-bond donors (Lipinski definition) is 1. The summed E-state index contributed by atoms with van der Waals surface area (Å²) in [5.41, 5.74) is 0. The Bertz CT molecular complexity index is 117. The average Bonchev–Trinajstić information content (AvgIpc) is 1.89. The fourth-order valence-electron chi connectivity index (χ4n) is 0.421. The Kier molecular flexibility index (Phi) is 4.49. The molecule has 0 amide bonds. The van der Waals surface area contributed by atoms with Crippen molar-refractivity contribution in [3.63, 3.8) is 0 Å². The predicted molar refractivity (Wildman–Crippen MR) is 36.2 cm³/mol. The first-order chi connectivity index (χ1) is 4.72. The standard InChI is InChI=1S/C6H11NO3/c1-3-10-6(7)5(8)4-9-2/h7H,3-4H2,1-2H3. The smallest absolute Gasteiger partial charge is 0.253 e. The third-order valence-electron chi connectivity index (χ3n) is 0.817. The van der Waals surface area contributed by atoms with Gasteiger partial charge in [-0.1, -0.05) is 0 Å². The number of rotatable bonds is 4. The topological polar surface area (TPSA) is 59.4 Å². The van der Waals surface area contributed by atoms with Gasteiger partial charge in [-0.2, -0.15) is 0 Å². The number of Topliss-reactive ketones (excluding diaryl/α,β-unsaturated/α-hetero) is 1. The van der Waals surface area contributed by atoms with Crippen molar-refractivity contribution in [1.29, 1.82) is 5.41 Å². The van der Waals surface area contributed by atoms with E-state index in [1.807, 2.05) is 0 Å². The highest BCUT2D eigenvalue weighted by Crippen LogP contribution is 1.82. The summed E-state index contributed by atoms with van der Waals surface area (Å²) in [6.45, 7) is 1.97. The Hall–Kier alpha value is -0.900. The highest BCUT2D eigenvalue weighted by Gasteiger charge is 2.08. The molecule has 0 bridgehead atoms. The van der Waals surface area contributed by atoms with Gasteiger partial charge in [-0.05, 0) is 6.92 Å². The van der Waals surface area contributed by atoms with Crippen LogP contribution in [-0.2, 0) is 14.3 Å². The van der Waals surface area contributed by atoms with E-state index in [4.69, 9.17) is 5.41 Å². The summed E-state index contributed by atoms with van der Waals surface area (Å²) in [6.07, 6.45) is 0. The maximum absolute atomic E-state index is 10.7. The van der Waals surface area contributed by atoms with Crippen molar-refractivity contribution in [2.45, 2.75) is 6.92 Å². The minimum atomic E-state index is -0.427. The summed E-state index contributed by atoms with van der Waals surface area (Å²) in [6, 6.07) is 0. The third-order valence-corrected chi connectivity index (χ3v) is 0.817. The van der Waals surface area contributed by atoms with Crippen LogP contribution in [0.5, 0.6) is 0 Å². The molecule has 58 valence electrons. The van der Waals surface area contributed by atoms with Crippen LogP contribution in [0.25, 0.3) is 0 Å². The number of carbonyl (C=O) groups excluding carboxylic acids is 1. The zero-order chi connectivity index (χ0) is 7.98. The van der Waals surface area contributed by atoms with Gasteiger partial charge in [-0.3, -0.25) is 10.2 Å². The number of ether oxygens (including phenoxy) is 2. The summed E-state index contributed by atoms with van der Waals surface area (Å²) < 4.78 is 9.11. The Morgan fingerprint density at radius 1 is 1.60 bits per heavy atom. The SMILES string of the molecule is CCOC(=N)C(=O)COC. The van der Waals surface area contributed by atoms with Crippen LogP contribution in [0.3, 0.4) is 0 Å². The molecule has 4 nitrogen and oxygen atoms in total. The molecule has 10 heavy (non-hydrogen) atoms. The second-order valence-electron chi connectivity index (χ2n) is 1.62. The van der Waals surface area contributed by atoms with Crippen molar-refractivity contribution in [1.82, 2.24) is 0 Å². The Morgan fingerprint density at radius 2 is 2.20 bits per heavy atom. The Morgan fingerprint density at radius 3 is 2.60 bits per heavy atom. The highest BCUT2D eigenvalue weighted by atomic mass is 16.5. The Labute approximate surface area is 59.6 Å². The first-order valence-corrected chi connectivity index (χ1v) is 2.95. The van der Waals surface area contributed by atoms with E-state index in [0.29, 0.717) is 6.61 Å². The number of methoxy groups -OCH3 is 1. The molecule has 0 unspecified atom stereocenters.